The Balaban J connectivity index is 1.20. The van der Waals surface area contributed by atoms with Gasteiger partial charge in [-0.2, -0.15) is 0 Å². The molecule has 2 aromatic carbocycles. The Kier molecular flexibility index (Phi) is 10.3. The number of benzene rings is 2. The Labute approximate surface area is 283 Å². The normalized spacial score (nSPS) is 16.1. The molecule has 3 heterocycles. The van der Waals surface area contributed by atoms with Crippen molar-refractivity contribution in [3.05, 3.63) is 77.5 Å². The molecule has 10 nitrogen and oxygen atoms in total. The fourth-order valence-corrected chi connectivity index (χ4v) is 5.90. The second kappa shape index (κ2) is 14.3. The van der Waals surface area contributed by atoms with Gasteiger partial charge < -0.3 is 19.4 Å². The van der Waals surface area contributed by atoms with Gasteiger partial charge in [-0.3, -0.25) is 9.80 Å². The van der Waals surface area contributed by atoms with Crippen molar-refractivity contribution in [3.8, 4) is 11.3 Å². The molecule has 48 heavy (non-hydrogen) atoms. The lowest BCUT2D eigenvalue weighted by Gasteiger charge is -2.30. The molecule has 0 spiro atoms. The molecule has 10 heteroatoms. The van der Waals surface area contributed by atoms with Crippen molar-refractivity contribution in [1.29, 1.82) is 0 Å². The minimum absolute atomic E-state index is 0.112. The molecule has 1 saturated heterocycles. The SMILES string of the molecule is CCCN(C(=O)OC(C)(C)C)[C@@H](C)c1ncc(-c2ccc(CC=Cc3ccc4nc([C@@H]5CCCN5C(=O)OC(C)(C)C)[nH]c4c3)cc2)[nH]1. The summed E-state index contributed by atoms with van der Waals surface area (Å²) >= 11 is 0. The lowest BCUT2D eigenvalue weighted by Crippen LogP contribution is -2.39. The molecule has 1 aliphatic heterocycles. The number of aromatic nitrogens is 4. The number of likely N-dealkylation sites (tertiary alicyclic amines) is 1. The van der Waals surface area contributed by atoms with E-state index in [0.29, 0.717) is 13.1 Å². The van der Waals surface area contributed by atoms with Crippen LogP contribution >= 0.6 is 0 Å². The van der Waals surface area contributed by atoms with E-state index in [1.165, 1.54) is 5.56 Å². The summed E-state index contributed by atoms with van der Waals surface area (Å²) in [6.07, 6.45) is 8.85. The number of hydrogen-bond donors (Lipinski definition) is 2. The van der Waals surface area contributed by atoms with E-state index in [-0.39, 0.29) is 24.3 Å². The number of imidazole rings is 2. The standard InChI is InChI=1S/C38H50N6O4/c1-9-21-43(35(45)47-37(3,4)5)25(2)33-39-24-31(42-33)28-18-15-26(16-19-28)12-10-13-27-17-20-29-30(23-27)41-34(40-29)32-14-11-22-44(32)36(46)48-38(6,7)8/h10,13,15-20,23-25,32H,9,11-12,14,21-22H2,1-8H3,(H,39,42)(H,40,41)/t25-,32-/m0/s1. The highest BCUT2D eigenvalue weighted by Gasteiger charge is 2.35. The van der Waals surface area contributed by atoms with E-state index >= 15 is 0 Å². The number of aromatic amines is 2. The average molecular weight is 655 g/mol. The van der Waals surface area contributed by atoms with Crippen molar-refractivity contribution in [2.75, 3.05) is 13.1 Å². The van der Waals surface area contributed by atoms with E-state index in [1.54, 1.807) is 9.80 Å². The smallest absolute Gasteiger partial charge is 0.410 e. The molecule has 1 fully saturated rings. The van der Waals surface area contributed by atoms with Gasteiger partial charge in [0.15, 0.2) is 0 Å². The highest BCUT2D eigenvalue weighted by atomic mass is 16.6. The number of nitrogens with one attached hydrogen (secondary N) is 2. The molecular formula is C38H50N6O4. The number of hydrogen-bond acceptors (Lipinski definition) is 6. The van der Waals surface area contributed by atoms with Crippen LogP contribution in [0.4, 0.5) is 9.59 Å². The van der Waals surface area contributed by atoms with Crippen LogP contribution in [0.1, 0.15) is 110 Å². The van der Waals surface area contributed by atoms with Crippen LogP contribution in [0.15, 0.2) is 54.7 Å². The third-order valence-electron chi connectivity index (χ3n) is 8.20. The van der Waals surface area contributed by atoms with Crippen molar-refractivity contribution < 1.29 is 19.1 Å². The van der Waals surface area contributed by atoms with Crippen LogP contribution in [-0.2, 0) is 15.9 Å². The zero-order valence-corrected chi connectivity index (χ0v) is 29.6. The van der Waals surface area contributed by atoms with Crippen LogP contribution < -0.4 is 0 Å². The summed E-state index contributed by atoms with van der Waals surface area (Å²) in [6.45, 7) is 16.5. The van der Waals surface area contributed by atoms with Crippen LogP contribution in [0, 0.1) is 0 Å². The number of rotatable bonds is 9. The number of fused-ring (bicyclic) bond motifs is 1. The molecule has 0 saturated carbocycles. The summed E-state index contributed by atoms with van der Waals surface area (Å²) in [6, 6.07) is 14.2. The number of carbonyl (C=O) groups excluding carboxylic acids is 2. The Morgan fingerprint density at radius 1 is 1.04 bits per heavy atom. The summed E-state index contributed by atoms with van der Waals surface area (Å²) in [7, 11) is 0. The Bertz CT molecular complexity index is 1740. The maximum Gasteiger partial charge on any atom is 0.410 e. The first-order chi connectivity index (χ1) is 22.7. The monoisotopic (exact) mass is 654 g/mol. The van der Waals surface area contributed by atoms with Gasteiger partial charge in [0.1, 0.15) is 22.9 Å². The highest BCUT2D eigenvalue weighted by molar-refractivity contribution is 5.79. The zero-order valence-electron chi connectivity index (χ0n) is 29.6. The quantitative estimate of drug-likeness (QED) is 0.186. The number of nitrogens with zero attached hydrogens (tertiary/aromatic N) is 4. The maximum atomic E-state index is 12.9. The molecule has 1 aliphatic rings. The predicted molar refractivity (Wildman–Crippen MR) is 189 cm³/mol. The number of ether oxygens (including phenoxy) is 2. The van der Waals surface area contributed by atoms with E-state index in [0.717, 1.165) is 65.2 Å². The Morgan fingerprint density at radius 3 is 2.46 bits per heavy atom. The number of H-pyrrole nitrogens is 2. The molecular weight excluding hydrogens is 604 g/mol. The fraction of sp³-hybridized carbons (Fsp3) is 0.474. The minimum Gasteiger partial charge on any atom is -0.444 e. The molecule has 4 aromatic rings. The highest BCUT2D eigenvalue weighted by Crippen LogP contribution is 2.33. The molecule has 0 bridgehead atoms. The maximum absolute atomic E-state index is 12.9. The summed E-state index contributed by atoms with van der Waals surface area (Å²) in [5, 5.41) is 0. The van der Waals surface area contributed by atoms with Crippen LogP contribution in [0.3, 0.4) is 0 Å². The number of carbonyl (C=O) groups is 2. The lowest BCUT2D eigenvalue weighted by molar-refractivity contribution is 0.0164. The summed E-state index contributed by atoms with van der Waals surface area (Å²) in [5.41, 5.74) is 4.93. The van der Waals surface area contributed by atoms with Crippen LogP contribution in [0.5, 0.6) is 0 Å². The first-order valence-electron chi connectivity index (χ1n) is 17.0. The van der Waals surface area contributed by atoms with Gasteiger partial charge in [-0.1, -0.05) is 49.4 Å². The molecule has 2 atom stereocenters. The van der Waals surface area contributed by atoms with E-state index in [9.17, 15) is 9.59 Å². The summed E-state index contributed by atoms with van der Waals surface area (Å²) in [5.74, 6) is 1.52. The van der Waals surface area contributed by atoms with E-state index in [1.807, 2.05) is 67.7 Å². The van der Waals surface area contributed by atoms with Gasteiger partial charge in [-0.05, 0) is 103 Å². The van der Waals surface area contributed by atoms with Gasteiger partial charge in [-0.25, -0.2) is 19.6 Å². The second-order valence-corrected chi connectivity index (χ2v) is 14.6. The molecule has 2 N–H and O–H groups in total. The molecule has 0 unspecified atom stereocenters. The molecule has 256 valence electrons. The Morgan fingerprint density at radius 2 is 1.77 bits per heavy atom. The molecule has 2 aromatic heterocycles. The average Bonchev–Trinajstić information content (AvgIpc) is 3.77. The summed E-state index contributed by atoms with van der Waals surface area (Å²) < 4.78 is 11.3. The second-order valence-electron chi connectivity index (χ2n) is 14.6. The van der Waals surface area contributed by atoms with Gasteiger partial charge >= 0.3 is 12.2 Å². The first kappa shape index (κ1) is 34.7. The lowest BCUT2D eigenvalue weighted by atomic mass is 10.1. The number of allylic oxidation sites excluding steroid dienone is 1. The van der Waals surface area contributed by atoms with Crippen molar-refractivity contribution in [1.82, 2.24) is 29.7 Å². The molecule has 0 radical (unpaired) electrons. The molecule has 2 amide bonds. The summed E-state index contributed by atoms with van der Waals surface area (Å²) in [4.78, 5) is 45.5. The van der Waals surface area contributed by atoms with E-state index in [4.69, 9.17) is 14.5 Å². The largest absolute Gasteiger partial charge is 0.444 e. The zero-order chi connectivity index (χ0) is 34.6. The van der Waals surface area contributed by atoms with Crippen LogP contribution in [0.2, 0.25) is 0 Å². The predicted octanol–water partition coefficient (Wildman–Crippen LogP) is 8.99. The van der Waals surface area contributed by atoms with Gasteiger partial charge in [0.2, 0.25) is 0 Å². The van der Waals surface area contributed by atoms with Crippen molar-refractivity contribution >= 4 is 29.3 Å². The van der Waals surface area contributed by atoms with Crippen molar-refractivity contribution in [2.45, 2.75) is 104 Å². The Hall–Kier alpha value is -4.60. The third-order valence-corrected chi connectivity index (χ3v) is 8.20. The van der Waals surface area contributed by atoms with Gasteiger partial charge in [0.25, 0.3) is 0 Å². The molecule has 5 rings (SSSR count). The third kappa shape index (κ3) is 8.65. The van der Waals surface area contributed by atoms with E-state index in [2.05, 4.69) is 63.5 Å². The topological polar surface area (TPSA) is 116 Å². The number of amides is 2. The minimum atomic E-state index is -0.561. The van der Waals surface area contributed by atoms with Gasteiger partial charge in [0, 0.05) is 13.1 Å². The van der Waals surface area contributed by atoms with Gasteiger partial charge in [0.05, 0.1) is 35.0 Å². The van der Waals surface area contributed by atoms with Crippen LogP contribution in [-0.4, -0.2) is 66.2 Å². The van der Waals surface area contributed by atoms with Gasteiger partial charge in [-0.15, -0.1) is 0 Å². The van der Waals surface area contributed by atoms with E-state index < -0.39 is 11.2 Å². The van der Waals surface area contributed by atoms with Crippen LogP contribution in [0.25, 0.3) is 28.4 Å². The fourth-order valence-electron chi connectivity index (χ4n) is 5.90. The van der Waals surface area contributed by atoms with Crippen molar-refractivity contribution in [2.24, 2.45) is 0 Å². The van der Waals surface area contributed by atoms with Crippen molar-refractivity contribution in [3.63, 3.8) is 0 Å². The first-order valence-corrected chi connectivity index (χ1v) is 17.0. The molecule has 0 aliphatic carbocycles.